The van der Waals surface area contributed by atoms with E-state index >= 15 is 0 Å². The van der Waals surface area contributed by atoms with Crippen LogP contribution in [0.25, 0.3) is 0 Å². The third-order valence-electron chi connectivity index (χ3n) is 1.89. The fourth-order valence-electron chi connectivity index (χ4n) is 1.00. The molecule has 0 saturated carbocycles. The van der Waals surface area contributed by atoms with Crippen molar-refractivity contribution in [1.29, 1.82) is 0 Å². The summed E-state index contributed by atoms with van der Waals surface area (Å²) in [6, 6.07) is 0. The number of thiocarbonyl (C=S) groups is 1. The minimum atomic E-state index is 0.598. The molecule has 0 amide bonds. The molecule has 0 aromatic heterocycles. The molecular weight excluding hydrogens is 224 g/mol. The summed E-state index contributed by atoms with van der Waals surface area (Å²) in [6.45, 7) is 6.97. The van der Waals surface area contributed by atoms with Gasteiger partial charge in [0.15, 0.2) is 0 Å². The monoisotopic (exact) mass is 244 g/mol. The second-order valence-corrected chi connectivity index (χ2v) is 5.04. The van der Waals surface area contributed by atoms with Crippen molar-refractivity contribution >= 4 is 28.4 Å². The number of hydrogen-bond donors (Lipinski definition) is 0. The van der Waals surface area contributed by atoms with E-state index in [-0.39, 0.29) is 0 Å². The molecule has 15 heavy (non-hydrogen) atoms. The van der Waals surface area contributed by atoms with Crippen molar-refractivity contribution < 1.29 is 4.74 Å². The van der Waals surface area contributed by atoms with Gasteiger partial charge in [-0.3, -0.25) is 0 Å². The predicted molar refractivity (Wildman–Crippen MR) is 74.5 cm³/mol. The van der Waals surface area contributed by atoms with E-state index in [0.717, 1.165) is 12.8 Å². The predicted octanol–water partition coefficient (Wildman–Crippen LogP) is 4.34. The Labute approximate surface area is 103 Å². The van der Waals surface area contributed by atoms with Crippen LogP contribution < -0.4 is 0 Å². The smallest absolute Gasteiger partial charge is 0.220 e. The molecule has 0 aliphatic carbocycles. The van der Waals surface area contributed by atoms with Gasteiger partial charge in [-0.05, 0) is 58.2 Å². The van der Waals surface area contributed by atoms with Crippen LogP contribution in [0, 0.1) is 0 Å². The van der Waals surface area contributed by atoms with Crippen molar-refractivity contribution in [2.45, 2.75) is 33.6 Å². The summed E-state index contributed by atoms with van der Waals surface area (Å²) >= 11 is 6.40. The summed E-state index contributed by atoms with van der Waals surface area (Å²) in [6.07, 6.45) is 8.48. The molecule has 0 saturated heterocycles. The van der Waals surface area contributed by atoms with Gasteiger partial charge >= 0.3 is 0 Å². The highest BCUT2D eigenvalue weighted by Gasteiger charge is 1.92. The van der Waals surface area contributed by atoms with Gasteiger partial charge in [-0.25, -0.2) is 0 Å². The van der Waals surface area contributed by atoms with E-state index in [4.69, 9.17) is 17.0 Å². The zero-order chi connectivity index (χ0) is 11.7. The topological polar surface area (TPSA) is 9.23 Å². The molecule has 0 aliphatic rings. The summed E-state index contributed by atoms with van der Waals surface area (Å²) in [5.74, 6) is 0. The Kier molecular flexibility index (Phi) is 8.82. The SMILES string of the molecule is CSC(=S)OC/C=C(\C)CCC=C(C)C. The molecule has 1 nitrogen and oxygen atoms in total. The molecule has 0 atom stereocenters. The van der Waals surface area contributed by atoms with Gasteiger partial charge in [0.05, 0.1) is 0 Å². The van der Waals surface area contributed by atoms with E-state index in [1.807, 2.05) is 6.26 Å². The fraction of sp³-hybridized carbons (Fsp3) is 0.583. The molecule has 0 N–H and O–H groups in total. The lowest BCUT2D eigenvalue weighted by molar-refractivity contribution is 0.369. The van der Waals surface area contributed by atoms with Crippen LogP contribution >= 0.6 is 24.0 Å². The molecule has 86 valence electrons. The van der Waals surface area contributed by atoms with Crippen LogP contribution in [0.4, 0.5) is 0 Å². The third kappa shape index (κ3) is 10.0. The summed E-state index contributed by atoms with van der Waals surface area (Å²) in [5, 5.41) is 0. The minimum absolute atomic E-state index is 0.598. The second kappa shape index (κ2) is 8.98. The quantitative estimate of drug-likeness (QED) is 0.526. The maximum atomic E-state index is 5.29. The zero-order valence-corrected chi connectivity index (χ0v) is 11.6. The summed E-state index contributed by atoms with van der Waals surface area (Å²) < 4.78 is 5.91. The number of rotatable bonds is 5. The molecular formula is C12H20OS2. The molecule has 0 aromatic rings. The third-order valence-corrected chi connectivity index (χ3v) is 2.96. The standard InChI is InChI=1S/C12H20OS2/c1-10(2)6-5-7-11(3)8-9-13-12(14)15-4/h6,8H,5,7,9H2,1-4H3/b11-8+. The van der Waals surface area contributed by atoms with Crippen LogP contribution in [-0.2, 0) is 4.74 Å². The summed E-state index contributed by atoms with van der Waals surface area (Å²) in [7, 11) is 0. The van der Waals surface area contributed by atoms with E-state index in [0.29, 0.717) is 11.0 Å². The number of hydrogen-bond acceptors (Lipinski definition) is 3. The molecule has 0 spiro atoms. The first-order valence-electron chi connectivity index (χ1n) is 5.06. The van der Waals surface area contributed by atoms with Crippen LogP contribution in [-0.4, -0.2) is 17.2 Å². The van der Waals surface area contributed by atoms with Crippen LogP contribution in [0.1, 0.15) is 33.6 Å². The maximum Gasteiger partial charge on any atom is 0.220 e. The van der Waals surface area contributed by atoms with E-state index in [1.165, 1.54) is 22.9 Å². The summed E-state index contributed by atoms with van der Waals surface area (Å²) in [4.78, 5) is 0. The van der Waals surface area contributed by atoms with Crippen molar-refractivity contribution in [1.82, 2.24) is 0 Å². The molecule has 0 radical (unpaired) electrons. The first-order chi connectivity index (χ1) is 7.06. The lowest BCUT2D eigenvalue weighted by Crippen LogP contribution is -1.96. The van der Waals surface area contributed by atoms with Crippen molar-refractivity contribution in [2.75, 3.05) is 12.9 Å². The molecule has 0 unspecified atom stereocenters. The zero-order valence-electron chi connectivity index (χ0n) is 10.0. The highest BCUT2D eigenvalue weighted by atomic mass is 32.2. The van der Waals surface area contributed by atoms with Crippen LogP contribution in [0.2, 0.25) is 0 Å². The highest BCUT2D eigenvalue weighted by Crippen LogP contribution is 2.07. The molecule has 3 heteroatoms. The van der Waals surface area contributed by atoms with E-state index in [9.17, 15) is 0 Å². The molecule has 0 bridgehead atoms. The van der Waals surface area contributed by atoms with Crippen molar-refractivity contribution in [3.63, 3.8) is 0 Å². The summed E-state index contributed by atoms with van der Waals surface area (Å²) in [5.41, 5.74) is 2.74. The Morgan fingerprint density at radius 3 is 2.47 bits per heavy atom. The average molecular weight is 244 g/mol. The lowest BCUT2D eigenvalue weighted by atomic mass is 10.1. The molecule has 0 aliphatic heterocycles. The van der Waals surface area contributed by atoms with Gasteiger partial charge in [0.1, 0.15) is 6.61 Å². The van der Waals surface area contributed by atoms with E-state index in [2.05, 4.69) is 32.9 Å². The van der Waals surface area contributed by atoms with Gasteiger partial charge in [0.25, 0.3) is 0 Å². The number of allylic oxidation sites excluding steroid dienone is 3. The molecule has 0 fully saturated rings. The molecule has 0 heterocycles. The van der Waals surface area contributed by atoms with Crippen LogP contribution in [0.15, 0.2) is 23.3 Å². The second-order valence-electron chi connectivity index (χ2n) is 3.64. The van der Waals surface area contributed by atoms with Gasteiger partial charge < -0.3 is 4.74 Å². The Morgan fingerprint density at radius 2 is 1.93 bits per heavy atom. The van der Waals surface area contributed by atoms with Gasteiger partial charge in [-0.2, -0.15) is 0 Å². The van der Waals surface area contributed by atoms with Crippen LogP contribution in [0.3, 0.4) is 0 Å². The normalized spacial score (nSPS) is 11.1. The van der Waals surface area contributed by atoms with Gasteiger partial charge in [0, 0.05) is 0 Å². The number of thioether (sulfide) groups is 1. The molecule has 0 rings (SSSR count). The van der Waals surface area contributed by atoms with Crippen LogP contribution in [0.5, 0.6) is 0 Å². The number of ether oxygens (including phenoxy) is 1. The van der Waals surface area contributed by atoms with Gasteiger partial charge in [-0.1, -0.05) is 29.0 Å². The largest absolute Gasteiger partial charge is 0.474 e. The van der Waals surface area contributed by atoms with Gasteiger partial charge in [0.2, 0.25) is 4.38 Å². The Bertz CT molecular complexity index is 250. The lowest BCUT2D eigenvalue weighted by Gasteiger charge is -2.02. The van der Waals surface area contributed by atoms with E-state index < -0.39 is 0 Å². The highest BCUT2D eigenvalue weighted by molar-refractivity contribution is 8.22. The van der Waals surface area contributed by atoms with Crippen molar-refractivity contribution in [3.05, 3.63) is 23.3 Å². The maximum absolute atomic E-state index is 5.29. The first-order valence-corrected chi connectivity index (χ1v) is 6.69. The van der Waals surface area contributed by atoms with Crippen molar-refractivity contribution in [2.24, 2.45) is 0 Å². The van der Waals surface area contributed by atoms with E-state index in [1.54, 1.807) is 0 Å². The minimum Gasteiger partial charge on any atom is -0.474 e. The fourth-order valence-corrected chi connectivity index (χ4v) is 1.26. The van der Waals surface area contributed by atoms with Gasteiger partial charge in [-0.15, -0.1) is 0 Å². The van der Waals surface area contributed by atoms with Crippen molar-refractivity contribution in [3.8, 4) is 0 Å². The first kappa shape index (κ1) is 14.7. The Balaban J connectivity index is 3.70. The Morgan fingerprint density at radius 1 is 1.27 bits per heavy atom. The Hall–Kier alpha value is -0.280. The average Bonchev–Trinajstić information content (AvgIpc) is 2.17. The molecule has 0 aromatic carbocycles.